The lowest BCUT2D eigenvalue weighted by molar-refractivity contribution is -0.132. The summed E-state index contributed by atoms with van der Waals surface area (Å²) in [5, 5.41) is 3.03. The van der Waals surface area contributed by atoms with Crippen LogP contribution in [0.3, 0.4) is 0 Å². The summed E-state index contributed by atoms with van der Waals surface area (Å²) in [5.74, 6) is 0.751. The monoisotopic (exact) mass is 348 g/mol. The van der Waals surface area contributed by atoms with Crippen LogP contribution in [0.25, 0.3) is 0 Å². The van der Waals surface area contributed by atoms with Crippen molar-refractivity contribution in [2.45, 2.75) is 6.42 Å². The Morgan fingerprint density at radius 1 is 1.08 bits per heavy atom. The number of ether oxygens (including phenoxy) is 1. The molecule has 130 valence electrons. The van der Waals surface area contributed by atoms with E-state index in [1.54, 1.807) is 11.9 Å². The molecule has 0 heterocycles. The largest absolute Gasteiger partial charge is 0.483 e. The zero-order valence-corrected chi connectivity index (χ0v) is 15.0. The van der Waals surface area contributed by atoms with Gasteiger partial charge in [-0.15, -0.1) is 12.4 Å². The van der Waals surface area contributed by atoms with Crippen molar-refractivity contribution in [3.63, 3.8) is 0 Å². The molecular formula is C19H25ClN2O2. The first-order chi connectivity index (χ1) is 11.2. The smallest absolute Gasteiger partial charge is 0.260 e. The Morgan fingerprint density at radius 2 is 1.75 bits per heavy atom. The molecule has 0 saturated heterocycles. The molecule has 0 radical (unpaired) electrons. The number of hydrogen-bond acceptors (Lipinski definition) is 3. The van der Waals surface area contributed by atoms with E-state index in [-0.39, 0.29) is 24.9 Å². The maximum atomic E-state index is 12.1. The van der Waals surface area contributed by atoms with Crippen LogP contribution in [0, 0.1) is 0 Å². The Kier molecular flexibility index (Phi) is 8.90. The molecular weight excluding hydrogens is 324 g/mol. The summed E-state index contributed by atoms with van der Waals surface area (Å²) in [6, 6.07) is 18.1. The van der Waals surface area contributed by atoms with Gasteiger partial charge in [0.25, 0.3) is 5.91 Å². The Hall–Kier alpha value is -2.04. The van der Waals surface area contributed by atoms with Crippen molar-refractivity contribution in [2.24, 2.45) is 0 Å². The first-order valence-electron chi connectivity index (χ1n) is 7.84. The van der Waals surface area contributed by atoms with Crippen LogP contribution in [0.2, 0.25) is 0 Å². The van der Waals surface area contributed by atoms with Crippen LogP contribution >= 0.6 is 12.4 Å². The minimum absolute atomic E-state index is 0. The minimum Gasteiger partial charge on any atom is -0.483 e. The second-order valence-corrected chi connectivity index (χ2v) is 5.48. The van der Waals surface area contributed by atoms with E-state index in [0.29, 0.717) is 6.54 Å². The second-order valence-electron chi connectivity index (χ2n) is 5.48. The molecule has 5 heteroatoms. The normalized spacial score (nSPS) is 9.92. The van der Waals surface area contributed by atoms with Gasteiger partial charge in [0.2, 0.25) is 0 Å². The van der Waals surface area contributed by atoms with Crippen molar-refractivity contribution < 1.29 is 9.53 Å². The third-order valence-electron chi connectivity index (χ3n) is 3.68. The Balaban J connectivity index is 0.00000288. The molecule has 0 aromatic heterocycles. The van der Waals surface area contributed by atoms with Gasteiger partial charge in [0.1, 0.15) is 5.75 Å². The summed E-state index contributed by atoms with van der Waals surface area (Å²) in [5.41, 5.74) is 2.31. The van der Waals surface area contributed by atoms with E-state index >= 15 is 0 Å². The zero-order chi connectivity index (χ0) is 16.5. The van der Waals surface area contributed by atoms with Crippen LogP contribution in [0.4, 0.5) is 0 Å². The number of amides is 1. The maximum Gasteiger partial charge on any atom is 0.260 e. The van der Waals surface area contributed by atoms with E-state index in [1.165, 1.54) is 5.56 Å². The number of hydrogen-bond donors (Lipinski definition) is 1. The van der Waals surface area contributed by atoms with Gasteiger partial charge in [-0.25, -0.2) is 0 Å². The van der Waals surface area contributed by atoms with Crippen LogP contribution in [0.5, 0.6) is 5.75 Å². The van der Waals surface area contributed by atoms with Crippen molar-refractivity contribution >= 4 is 18.3 Å². The topological polar surface area (TPSA) is 41.6 Å². The number of carbonyl (C=O) groups excluding carboxylic acids is 1. The number of nitrogens with one attached hydrogen (secondary N) is 1. The molecule has 24 heavy (non-hydrogen) atoms. The van der Waals surface area contributed by atoms with E-state index in [2.05, 4.69) is 17.4 Å². The first kappa shape index (κ1) is 20.0. The number of carbonyl (C=O) groups is 1. The molecule has 0 aliphatic carbocycles. The molecule has 0 spiro atoms. The van der Waals surface area contributed by atoms with E-state index in [0.717, 1.165) is 24.3 Å². The minimum atomic E-state index is -0.0187. The Bertz CT molecular complexity index is 620. The van der Waals surface area contributed by atoms with Gasteiger partial charge in [0, 0.05) is 26.6 Å². The van der Waals surface area contributed by atoms with Gasteiger partial charge in [0.05, 0.1) is 0 Å². The number of halogens is 1. The number of para-hydroxylation sites is 1. The SMILES string of the molecule is CNCCN(C)C(=O)COc1ccccc1Cc1ccccc1.Cl. The highest BCUT2D eigenvalue weighted by molar-refractivity contribution is 5.85. The van der Waals surface area contributed by atoms with Gasteiger partial charge in [0.15, 0.2) is 6.61 Å². The molecule has 0 aliphatic heterocycles. The molecule has 0 bridgehead atoms. The highest BCUT2D eigenvalue weighted by atomic mass is 35.5. The summed E-state index contributed by atoms with van der Waals surface area (Å²) in [7, 11) is 3.66. The van der Waals surface area contributed by atoms with Gasteiger partial charge < -0.3 is 15.0 Å². The molecule has 0 fully saturated rings. The lowest BCUT2D eigenvalue weighted by atomic mass is 10.0. The molecule has 0 unspecified atom stereocenters. The molecule has 2 rings (SSSR count). The summed E-state index contributed by atoms with van der Waals surface area (Å²) in [6.45, 7) is 1.50. The van der Waals surface area contributed by atoms with Crippen LogP contribution in [0.15, 0.2) is 54.6 Å². The Morgan fingerprint density at radius 3 is 2.46 bits per heavy atom. The van der Waals surface area contributed by atoms with Crippen LogP contribution < -0.4 is 10.1 Å². The van der Waals surface area contributed by atoms with E-state index in [9.17, 15) is 4.79 Å². The number of likely N-dealkylation sites (N-methyl/N-ethyl adjacent to an activating group) is 2. The quantitative estimate of drug-likeness (QED) is 0.797. The van der Waals surface area contributed by atoms with Gasteiger partial charge in [-0.05, 0) is 24.2 Å². The lowest BCUT2D eigenvalue weighted by Gasteiger charge is -2.18. The molecule has 1 N–H and O–H groups in total. The van der Waals surface area contributed by atoms with Gasteiger partial charge in [-0.3, -0.25) is 4.79 Å². The van der Waals surface area contributed by atoms with E-state index in [4.69, 9.17) is 4.74 Å². The molecule has 4 nitrogen and oxygen atoms in total. The van der Waals surface area contributed by atoms with Gasteiger partial charge in [-0.1, -0.05) is 48.5 Å². The fourth-order valence-electron chi connectivity index (χ4n) is 2.26. The summed E-state index contributed by atoms with van der Waals surface area (Å²) >= 11 is 0. The maximum absolute atomic E-state index is 12.1. The predicted molar refractivity (Wildman–Crippen MR) is 100.0 cm³/mol. The van der Waals surface area contributed by atoms with Crippen molar-refractivity contribution in [1.82, 2.24) is 10.2 Å². The van der Waals surface area contributed by atoms with E-state index in [1.807, 2.05) is 49.5 Å². The second kappa shape index (κ2) is 10.7. The van der Waals surface area contributed by atoms with Crippen LogP contribution in [0.1, 0.15) is 11.1 Å². The molecule has 0 atom stereocenters. The third kappa shape index (κ3) is 6.22. The van der Waals surface area contributed by atoms with Crippen LogP contribution in [-0.2, 0) is 11.2 Å². The molecule has 1 amide bonds. The number of rotatable bonds is 8. The predicted octanol–water partition coefficient (Wildman–Crippen LogP) is 2.76. The average molecular weight is 349 g/mol. The zero-order valence-electron chi connectivity index (χ0n) is 14.2. The highest BCUT2D eigenvalue weighted by Crippen LogP contribution is 2.21. The molecule has 2 aromatic rings. The number of benzene rings is 2. The fourth-order valence-corrected chi connectivity index (χ4v) is 2.26. The molecule has 0 aliphatic rings. The first-order valence-corrected chi connectivity index (χ1v) is 7.84. The molecule has 0 saturated carbocycles. The average Bonchev–Trinajstić information content (AvgIpc) is 2.59. The fraction of sp³-hybridized carbons (Fsp3) is 0.316. The highest BCUT2D eigenvalue weighted by Gasteiger charge is 2.11. The van der Waals surface area contributed by atoms with Crippen LogP contribution in [-0.4, -0.2) is 44.6 Å². The summed E-state index contributed by atoms with van der Waals surface area (Å²) < 4.78 is 5.76. The third-order valence-corrected chi connectivity index (χ3v) is 3.68. The van der Waals surface area contributed by atoms with Crippen molar-refractivity contribution in [1.29, 1.82) is 0 Å². The van der Waals surface area contributed by atoms with Gasteiger partial charge in [-0.2, -0.15) is 0 Å². The van der Waals surface area contributed by atoms with Crippen molar-refractivity contribution in [2.75, 3.05) is 33.8 Å². The van der Waals surface area contributed by atoms with E-state index < -0.39 is 0 Å². The van der Waals surface area contributed by atoms with Crippen molar-refractivity contribution in [3.05, 3.63) is 65.7 Å². The standard InChI is InChI=1S/C19H24N2O2.ClH/c1-20-12-13-21(2)19(22)15-23-18-11-7-6-10-17(18)14-16-8-4-3-5-9-16;/h3-11,20H,12-15H2,1-2H3;1H. The van der Waals surface area contributed by atoms with Crippen molar-refractivity contribution in [3.8, 4) is 5.75 Å². The number of nitrogens with zero attached hydrogens (tertiary/aromatic N) is 1. The van der Waals surface area contributed by atoms with Gasteiger partial charge >= 0.3 is 0 Å². The summed E-state index contributed by atoms with van der Waals surface area (Å²) in [4.78, 5) is 13.7. The molecule has 2 aromatic carbocycles. The Labute approximate surface area is 150 Å². The summed E-state index contributed by atoms with van der Waals surface area (Å²) in [6.07, 6.45) is 0.792. The lowest BCUT2D eigenvalue weighted by Crippen LogP contribution is -2.36.